The molecule has 1 N–H and O–H groups in total. The van der Waals surface area contributed by atoms with Crippen LogP contribution in [0.3, 0.4) is 0 Å². The molecule has 0 aliphatic rings. The van der Waals surface area contributed by atoms with Gasteiger partial charge in [0.15, 0.2) is 0 Å². The Hall–Kier alpha value is 0.140. The smallest absolute Gasteiger partial charge is 0.302 e. The van der Waals surface area contributed by atoms with Crippen LogP contribution in [0.1, 0.15) is 0 Å². The topological polar surface area (TPSA) is 46.2 Å². The normalized spacial score (nSPS) is 4.67. The molecular weight excluding hydrogens is 93.0 g/mol. The second-order valence-corrected chi connectivity index (χ2v) is 0.402. The van der Waals surface area contributed by atoms with E-state index in [1.165, 1.54) is 0 Å². The molecule has 0 aromatic carbocycles. The average molecular weight is 96.0 g/mol. The van der Waals surface area contributed by atoms with E-state index in [-0.39, 0.29) is 29.6 Å². The van der Waals surface area contributed by atoms with Crippen LogP contribution in [0.15, 0.2) is 0 Å². The van der Waals surface area contributed by atoms with E-state index in [9.17, 15) is 0 Å². The summed E-state index contributed by atoms with van der Waals surface area (Å²) in [5.74, 6) is 0. The van der Waals surface area contributed by atoms with Crippen molar-refractivity contribution in [3.8, 4) is 0 Å². The van der Waals surface area contributed by atoms with E-state index in [0.717, 1.165) is 0 Å². The van der Waals surface area contributed by atoms with Crippen LogP contribution in [0, 0.1) is 0 Å². The minimum atomic E-state index is 0. The van der Waals surface area contributed by atoms with Crippen LogP contribution in [0.25, 0.3) is 0 Å². The van der Waals surface area contributed by atoms with Crippen molar-refractivity contribution in [1.29, 1.82) is 0 Å². The predicted octanol–water partition coefficient (Wildman–Crippen LogP) is -4.11. The molecule has 0 heterocycles. The zero-order chi connectivity index (χ0) is 4.12. The number of hydrogen-bond donors (Lipinski definition) is 1. The Labute approximate surface area is 57.4 Å². The summed E-state index contributed by atoms with van der Waals surface area (Å²) >= 11 is 0. The van der Waals surface area contributed by atoms with Crippen molar-refractivity contribution in [2.75, 3.05) is 0 Å². The zero-order valence-electron chi connectivity index (χ0n) is 3.47. The van der Waals surface area contributed by atoms with E-state index in [2.05, 4.69) is 0 Å². The van der Waals surface area contributed by atoms with Crippen LogP contribution in [0.5, 0.6) is 0 Å². The maximum Gasteiger partial charge on any atom is 1.00 e. The van der Waals surface area contributed by atoms with Crippen LogP contribution in [0.4, 0.5) is 0 Å². The third kappa shape index (κ3) is 8.91. The third-order valence-corrected chi connectivity index (χ3v) is 0.136. The Bertz CT molecular complexity index is 40.8. The third-order valence-electron chi connectivity index (χ3n) is 0.136. The molecule has 4 heteroatoms. The van der Waals surface area contributed by atoms with Gasteiger partial charge in [-0.15, -0.1) is 0 Å². The van der Waals surface area contributed by atoms with Crippen molar-refractivity contribution in [3.63, 3.8) is 0 Å². The van der Waals surface area contributed by atoms with E-state index < -0.39 is 0 Å². The second-order valence-electron chi connectivity index (χ2n) is 0.402. The molecule has 0 bridgehead atoms. The summed E-state index contributed by atoms with van der Waals surface area (Å²) in [7, 11) is 0. The van der Waals surface area contributed by atoms with Gasteiger partial charge in [-0.05, 0) is 0 Å². The molecule has 0 unspecified atom stereocenters. The van der Waals surface area contributed by atoms with Crippen LogP contribution in [-0.4, -0.2) is 12.8 Å². The number of nitrogens with one attached hydrogen (secondary N) is 1. The molecule has 0 saturated carbocycles. The summed E-state index contributed by atoms with van der Waals surface area (Å²) in [6, 6.07) is 0. The summed E-state index contributed by atoms with van der Waals surface area (Å²) in [6.07, 6.45) is 0.625. The van der Waals surface area contributed by atoms with Gasteiger partial charge in [-0.1, -0.05) is 0 Å². The summed E-state index contributed by atoms with van der Waals surface area (Å²) in [5.41, 5.74) is 0. The molecule has 2 amide bonds. The van der Waals surface area contributed by atoms with Crippen LogP contribution in [-0.2, 0) is 9.59 Å². The molecule has 0 aliphatic heterocycles. The van der Waals surface area contributed by atoms with E-state index in [1.807, 2.05) is 0 Å². The zero-order valence-corrected chi connectivity index (χ0v) is 5.47. The van der Waals surface area contributed by atoms with E-state index in [4.69, 9.17) is 9.59 Å². The number of carbonyl (C=O) groups is 2. The quantitative estimate of drug-likeness (QED) is 0.280. The summed E-state index contributed by atoms with van der Waals surface area (Å²) in [4.78, 5) is 18.1. The fourth-order valence-electron chi connectivity index (χ4n) is 0.0278. The number of carbonyl (C=O) groups excluding carboxylic acids is 2. The molecule has 0 aliphatic carbocycles. The number of rotatable bonds is 2. The molecule has 0 aromatic heterocycles. The van der Waals surface area contributed by atoms with Gasteiger partial charge >= 0.3 is 29.6 Å². The SMILES string of the molecule is O=CNC=O.[Na+]. The van der Waals surface area contributed by atoms with Crippen molar-refractivity contribution in [1.82, 2.24) is 5.32 Å². The Morgan fingerprint density at radius 2 is 1.50 bits per heavy atom. The first-order valence-corrected chi connectivity index (χ1v) is 1.05. The van der Waals surface area contributed by atoms with Crippen molar-refractivity contribution >= 4 is 12.8 Å². The Morgan fingerprint density at radius 1 is 1.17 bits per heavy atom. The molecule has 0 spiro atoms. The molecule has 0 saturated heterocycles. The maximum absolute atomic E-state index is 9.06. The van der Waals surface area contributed by atoms with Crippen LogP contribution >= 0.6 is 0 Å². The number of amides is 2. The van der Waals surface area contributed by atoms with Gasteiger partial charge in [0.05, 0.1) is 0 Å². The van der Waals surface area contributed by atoms with Gasteiger partial charge in [0.25, 0.3) is 0 Å². The first kappa shape index (κ1) is 9.46. The Morgan fingerprint density at radius 3 is 1.50 bits per heavy atom. The van der Waals surface area contributed by atoms with Crippen LogP contribution < -0.4 is 34.9 Å². The van der Waals surface area contributed by atoms with Gasteiger partial charge in [-0.25, -0.2) is 0 Å². The van der Waals surface area contributed by atoms with Gasteiger partial charge in [-0.2, -0.15) is 0 Å². The van der Waals surface area contributed by atoms with Crippen molar-refractivity contribution in [2.45, 2.75) is 0 Å². The van der Waals surface area contributed by atoms with Gasteiger partial charge in [0.2, 0.25) is 12.8 Å². The van der Waals surface area contributed by atoms with Crippen molar-refractivity contribution in [3.05, 3.63) is 0 Å². The fraction of sp³-hybridized carbons (Fsp3) is 0. The molecule has 0 radical (unpaired) electrons. The Kier molecular flexibility index (Phi) is 14.1. The van der Waals surface area contributed by atoms with Gasteiger partial charge in [0.1, 0.15) is 0 Å². The number of hydrogen-bond acceptors (Lipinski definition) is 2. The van der Waals surface area contributed by atoms with E-state index in [1.54, 1.807) is 5.32 Å². The van der Waals surface area contributed by atoms with E-state index >= 15 is 0 Å². The first-order chi connectivity index (χ1) is 2.41. The Balaban J connectivity index is 0. The van der Waals surface area contributed by atoms with Gasteiger partial charge in [0, 0.05) is 0 Å². The monoisotopic (exact) mass is 96.0 g/mol. The summed E-state index contributed by atoms with van der Waals surface area (Å²) < 4.78 is 0. The van der Waals surface area contributed by atoms with Crippen molar-refractivity contribution < 1.29 is 39.1 Å². The minimum absolute atomic E-state index is 0. The molecule has 28 valence electrons. The van der Waals surface area contributed by atoms with E-state index in [0.29, 0.717) is 12.8 Å². The average Bonchev–Trinajstić information content (AvgIpc) is 1.41. The van der Waals surface area contributed by atoms with Crippen LogP contribution in [0.2, 0.25) is 0 Å². The maximum atomic E-state index is 9.06. The van der Waals surface area contributed by atoms with Gasteiger partial charge < -0.3 is 5.32 Å². The fourth-order valence-corrected chi connectivity index (χ4v) is 0.0278. The molecule has 0 atom stereocenters. The predicted molar refractivity (Wildman–Crippen MR) is 15.3 cm³/mol. The molecule has 0 aromatic rings. The first-order valence-electron chi connectivity index (χ1n) is 1.05. The molecular formula is C2H3NNaO2+. The van der Waals surface area contributed by atoms with Crippen molar-refractivity contribution in [2.24, 2.45) is 0 Å². The summed E-state index contributed by atoms with van der Waals surface area (Å²) in [6.45, 7) is 0. The van der Waals surface area contributed by atoms with Gasteiger partial charge in [-0.3, -0.25) is 9.59 Å². The molecule has 3 nitrogen and oxygen atoms in total. The molecule has 0 rings (SSSR count). The standard InChI is InChI=1S/C2H3NO2.Na/c4-1-3-2-5;/h1-2H,(H,3,4,5);/q;+1. The summed E-state index contributed by atoms with van der Waals surface area (Å²) in [5, 5.41) is 1.75. The number of imide groups is 1. The second kappa shape index (κ2) is 8.94. The largest absolute Gasteiger partial charge is 1.00 e. The molecule has 0 fully saturated rings. The molecule has 6 heavy (non-hydrogen) atoms. The minimum Gasteiger partial charge on any atom is -0.302 e.